The number of rotatable bonds is 5. The van der Waals surface area contributed by atoms with Crippen LogP contribution in [0.1, 0.15) is 15.9 Å². The van der Waals surface area contributed by atoms with Crippen LogP contribution in [0, 0.1) is 6.92 Å². The molecule has 0 aliphatic rings. The zero-order chi connectivity index (χ0) is 18.6. The van der Waals surface area contributed by atoms with Gasteiger partial charge in [-0.15, -0.1) is 0 Å². The number of carbonyl (C=O) groups is 1. The highest BCUT2D eigenvalue weighted by molar-refractivity contribution is 7.92. The Kier molecular flexibility index (Phi) is 4.99. The molecule has 0 bridgehead atoms. The second-order valence-electron chi connectivity index (χ2n) is 5.67. The maximum absolute atomic E-state index is 12.6. The number of pyridine rings is 1. The summed E-state index contributed by atoms with van der Waals surface area (Å²) in [5.41, 5.74) is 1.71. The molecule has 1 heterocycles. The third-order valence-electron chi connectivity index (χ3n) is 3.62. The average Bonchev–Trinajstić information content (AvgIpc) is 2.64. The van der Waals surface area contributed by atoms with Gasteiger partial charge in [-0.25, -0.2) is 13.4 Å². The quantitative estimate of drug-likeness (QED) is 0.723. The van der Waals surface area contributed by atoms with E-state index in [2.05, 4.69) is 15.0 Å². The molecule has 3 rings (SSSR count). The predicted octanol–water partition coefficient (Wildman–Crippen LogP) is 3.44. The van der Waals surface area contributed by atoms with Crippen molar-refractivity contribution in [1.82, 2.24) is 4.98 Å². The van der Waals surface area contributed by atoms with E-state index in [0.29, 0.717) is 11.5 Å². The van der Waals surface area contributed by atoms with Gasteiger partial charge in [0.15, 0.2) is 0 Å². The summed E-state index contributed by atoms with van der Waals surface area (Å²) in [6, 6.07) is 18.0. The number of nitrogens with zero attached hydrogens (tertiary/aromatic N) is 1. The standard InChI is InChI=1S/C19H17N3O3S/c1-14-8-10-16(11-9-14)22-26(24,25)17-6-4-5-15(13-17)19(23)21-18-7-2-3-12-20-18/h2-13,22H,1H3,(H,20,21,23). The number of hydrogen-bond acceptors (Lipinski definition) is 4. The van der Waals surface area contributed by atoms with Gasteiger partial charge in [-0.05, 0) is 49.4 Å². The smallest absolute Gasteiger partial charge is 0.261 e. The van der Waals surface area contributed by atoms with Gasteiger partial charge in [-0.3, -0.25) is 9.52 Å². The molecule has 0 unspecified atom stereocenters. The third kappa shape index (κ3) is 4.25. The first-order chi connectivity index (χ1) is 12.4. The highest BCUT2D eigenvalue weighted by atomic mass is 32.2. The van der Waals surface area contributed by atoms with Gasteiger partial charge in [-0.1, -0.05) is 29.8 Å². The Morgan fingerprint density at radius 3 is 2.42 bits per heavy atom. The fraction of sp³-hybridized carbons (Fsp3) is 0.0526. The molecule has 0 aliphatic carbocycles. The van der Waals surface area contributed by atoms with Gasteiger partial charge in [0.2, 0.25) is 0 Å². The highest BCUT2D eigenvalue weighted by Gasteiger charge is 2.16. The van der Waals surface area contributed by atoms with Crippen LogP contribution in [-0.2, 0) is 10.0 Å². The van der Waals surface area contributed by atoms with E-state index in [4.69, 9.17) is 0 Å². The summed E-state index contributed by atoms with van der Waals surface area (Å²) in [5.74, 6) is -0.0420. The van der Waals surface area contributed by atoms with Crippen LogP contribution in [0.2, 0.25) is 0 Å². The monoisotopic (exact) mass is 367 g/mol. The Bertz CT molecular complexity index is 1020. The largest absolute Gasteiger partial charge is 0.307 e. The Labute approximate surface area is 152 Å². The fourth-order valence-electron chi connectivity index (χ4n) is 2.27. The van der Waals surface area contributed by atoms with Crippen LogP contribution in [0.4, 0.5) is 11.5 Å². The molecule has 6 nitrogen and oxygen atoms in total. The van der Waals surface area contributed by atoms with Crippen molar-refractivity contribution in [2.75, 3.05) is 10.0 Å². The molecule has 0 saturated heterocycles. The second kappa shape index (κ2) is 7.37. The van der Waals surface area contributed by atoms with Crippen LogP contribution in [0.5, 0.6) is 0 Å². The van der Waals surface area contributed by atoms with Crippen LogP contribution in [0.25, 0.3) is 0 Å². The lowest BCUT2D eigenvalue weighted by Crippen LogP contribution is -2.16. The van der Waals surface area contributed by atoms with Crippen molar-refractivity contribution >= 4 is 27.4 Å². The second-order valence-corrected chi connectivity index (χ2v) is 7.35. The van der Waals surface area contributed by atoms with Gasteiger partial charge in [0.05, 0.1) is 4.90 Å². The molecular formula is C19H17N3O3S. The van der Waals surface area contributed by atoms with E-state index in [1.165, 1.54) is 18.2 Å². The molecule has 0 spiro atoms. The summed E-state index contributed by atoms with van der Waals surface area (Å²) in [4.78, 5) is 16.3. The lowest BCUT2D eigenvalue weighted by Gasteiger charge is -2.10. The molecule has 0 aliphatic heterocycles. The van der Waals surface area contributed by atoms with Crippen molar-refractivity contribution in [2.45, 2.75) is 11.8 Å². The number of anilines is 2. The zero-order valence-corrected chi connectivity index (χ0v) is 14.8. The number of aromatic nitrogens is 1. The Hall–Kier alpha value is -3.19. The van der Waals surface area contributed by atoms with E-state index in [0.717, 1.165) is 5.56 Å². The van der Waals surface area contributed by atoms with Gasteiger partial charge in [0.25, 0.3) is 15.9 Å². The topological polar surface area (TPSA) is 88.2 Å². The van der Waals surface area contributed by atoms with E-state index >= 15 is 0 Å². The number of amides is 1. The molecule has 26 heavy (non-hydrogen) atoms. The minimum absolute atomic E-state index is 0.00625. The summed E-state index contributed by atoms with van der Waals surface area (Å²) in [5, 5.41) is 2.63. The van der Waals surface area contributed by atoms with Gasteiger partial charge in [-0.2, -0.15) is 0 Å². The van der Waals surface area contributed by atoms with E-state index in [1.54, 1.807) is 42.6 Å². The fourth-order valence-corrected chi connectivity index (χ4v) is 3.37. The summed E-state index contributed by atoms with van der Waals surface area (Å²) in [6.07, 6.45) is 1.56. The van der Waals surface area contributed by atoms with Crippen LogP contribution in [0.3, 0.4) is 0 Å². The maximum atomic E-state index is 12.6. The van der Waals surface area contributed by atoms with Gasteiger partial charge in [0.1, 0.15) is 5.82 Å². The molecule has 3 aromatic rings. The van der Waals surface area contributed by atoms with Crippen LogP contribution >= 0.6 is 0 Å². The minimum atomic E-state index is -3.80. The normalized spacial score (nSPS) is 11.0. The van der Waals surface area contributed by atoms with E-state index in [1.807, 2.05) is 19.1 Å². The van der Waals surface area contributed by atoms with Crippen LogP contribution in [-0.4, -0.2) is 19.3 Å². The number of benzene rings is 2. The molecular weight excluding hydrogens is 350 g/mol. The van der Waals surface area contributed by atoms with Crippen molar-refractivity contribution < 1.29 is 13.2 Å². The summed E-state index contributed by atoms with van der Waals surface area (Å²) >= 11 is 0. The average molecular weight is 367 g/mol. The first kappa shape index (κ1) is 17.6. The molecule has 0 fully saturated rings. The van der Waals surface area contributed by atoms with Crippen molar-refractivity contribution in [1.29, 1.82) is 0 Å². The summed E-state index contributed by atoms with van der Waals surface area (Å²) < 4.78 is 27.6. The minimum Gasteiger partial charge on any atom is -0.307 e. The van der Waals surface area contributed by atoms with Crippen molar-refractivity contribution in [3.63, 3.8) is 0 Å². The molecule has 7 heteroatoms. The molecule has 2 aromatic carbocycles. The number of aryl methyl sites for hydroxylation is 1. The van der Waals surface area contributed by atoms with Crippen molar-refractivity contribution in [3.05, 3.63) is 84.1 Å². The molecule has 1 amide bonds. The van der Waals surface area contributed by atoms with Gasteiger partial charge >= 0.3 is 0 Å². The first-order valence-electron chi connectivity index (χ1n) is 7.86. The van der Waals surface area contributed by atoms with Crippen molar-refractivity contribution in [3.8, 4) is 0 Å². The van der Waals surface area contributed by atoms with E-state index in [9.17, 15) is 13.2 Å². The molecule has 0 atom stereocenters. The SMILES string of the molecule is Cc1ccc(NS(=O)(=O)c2cccc(C(=O)Nc3ccccn3)c2)cc1. The summed E-state index contributed by atoms with van der Waals surface area (Å²) in [6.45, 7) is 1.92. The van der Waals surface area contributed by atoms with Gasteiger partial charge in [0, 0.05) is 17.4 Å². The third-order valence-corrected chi connectivity index (χ3v) is 5.00. The first-order valence-corrected chi connectivity index (χ1v) is 9.34. The maximum Gasteiger partial charge on any atom is 0.261 e. The Balaban J connectivity index is 1.81. The zero-order valence-electron chi connectivity index (χ0n) is 14.0. The van der Waals surface area contributed by atoms with E-state index in [-0.39, 0.29) is 10.5 Å². The number of hydrogen-bond donors (Lipinski definition) is 2. The lowest BCUT2D eigenvalue weighted by molar-refractivity contribution is 0.102. The van der Waals surface area contributed by atoms with E-state index < -0.39 is 15.9 Å². The van der Waals surface area contributed by atoms with Crippen molar-refractivity contribution in [2.24, 2.45) is 0 Å². The lowest BCUT2D eigenvalue weighted by atomic mass is 10.2. The number of nitrogens with one attached hydrogen (secondary N) is 2. The molecule has 2 N–H and O–H groups in total. The Morgan fingerprint density at radius 1 is 0.962 bits per heavy atom. The molecule has 0 saturated carbocycles. The van der Waals surface area contributed by atoms with Crippen LogP contribution in [0.15, 0.2) is 77.8 Å². The van der Waals surface area contributed by atoms with Gasteiger partial charge < -0.3 is 5.32 Å². The number of sulfonamides is 1. The van der Waals surface area contributed by atoms with Crippen LogP contribution < -0.4 is 10.0 Å². The highest BCUT2D eigenvalue weighted by Crippen LogP contribution is 2.18. The Morgan fingerprint density at radius 2 is 1.73 bits per heavy atom. The molecule has 132 valence electrons. The molecule has 1 aromatic heterocycles. The summed E-state index contributed by atoms with van der Waals surface area (Å²) in [7, 11) is -3.80. The number of carbonyl (C=O) groups excluding carboxylic acids is 1. The molecule has 0 radical (unpaired) electrons. The predicted molar refractivity (Wildman–Crippen MR) is 101 cm³/mol.